The quantitative estimate of drug-likeness (QED) is 0.877. The number of halogens is 1. The first kappa shape index (κ1) is 18.6. The number of piperidine rings is 1. The van der Waals surface area contributed by atoms with Crippen molar-refractivity contribution >= 4 is 12.0 Å². The molecule has 2 amide bonds. The van der Waals surface area contributed by atoms with Crippen LogP contribution in [0.25, 0.3) is 0 Å². The van der Waals surface area contributed by atoms with E-state index in [4.69, 9.17) is 0 Å². The molecule has 0 aliphatic carbocycles. The number of carbonyl (C=O) groups excluding carboxylic acids is 1. The van der Waals surface area contributed by atoms with E-state index in [-0.39, 0.29) is 23.8 Å². The molecule has 1 N–H and O–H groups in total. The van der Waals surface area contributed by atoms with Gasteiger partial charge in [-0.1, -0.05) is 6.07 Å². The molecule has 0 spiro atoms. The normalized spacial score (nSPS) is 24.6. The highest BCUT2D eigenvalue weighted by Gasteiger charge is 2.36. The zero-order chi connectivity index (χ0) is 18.8. The SMILES string of the molecule is CC(=O)N1CCN([C@H]2CCN(C(=O)O)[C@@H](c3ccc(F)cc3C)C2)CC1. The molecule has 142 valence electrons. The van der Waals surface area contributed by atoms with Crippen LogP contribution < -0.4 is 0 Å². The molecule has 0 aromatic heterocycles. The molecule has 0 bridgehead atoms. The standard InChI is InChI=1S/C19H26FN3O3/c1-13-11-15(20)3-4-17(13)18-12-16(5-6-23(18)19(25)26)22-9-7-21(8-10-22)14(2)24/h3-4,11,16,18H,5-10,12H2,1-2H3,(H,25,26)/t16-,18+/m0/s1. The van der Waals surface area contributed by atoms with E-state index in [9.17, 15) is 19.1 Å². The van der Waals surface area contributed by atoms with Crippen LogP contribution in [0.2, 0.25) is 0 Å². The summed E-state index contributed by atoms with van der Waals surface area (Å²) in [5, 5.41) is 9.60. The van der Waals surface area contributed by atoms with Gasteiger partial charge in [-0.3, -0.25) is 9.69 Å². The molecular weight excluding hydrogens is 337 g/mol. The van der Waals surface area contributed by atoms with Crippen LogP contribution in [0.5, 0.6) is 0 Å². The van der Waals surface area contributed by atoms with Gasteiger partial charge < -0.3 is 14.9 Å². The maximum absolute atomic E-state index is 13.5. The summed E-state index contributed by atoms with van der Waals surface area (Å²) in [4.78, 5) is 28.9. The molecule has 2 fully saturated rings. The molecule has 2 aliphatic heterocycles. The maximum Gasteiger partial charge on any atom is 0.407 e. The summed E-state index contributed by atoms with van der Waals surface area (Å²) in [6.45, 7) is 6.94. The highest BCUT2D eigenvalue weighted by atomic mass is 19.1. The molecule has 2 heterocycles. The number of rotatable bonds is 2. The zero-order valence-corrected chi connectivity index (χ0v) is 15.3. The third-order valence-electron chi connectivity index (χ3n) is 5.69. The molecule has 1 aromatic rings. The van der Waals surface area contributed by atoms with Crippen LogP contribution in [0, 0.1) is 12.7 Å². The van der Waals surface area contributed by atoms with Crippen molar-refractivity contribution in [2.24, 2.45) is 0 Å². The van der Waals surface area contributed by atoms with Crippen LogP contribution in [0.4, 0.5) is 9.18 Å². The number of likely N-dealkylation sites (tertiary alicyclic amines) is 1. The van der Waals surface area contributed by atoms with Gasteiger partial charge in [0.15, 0.2) is 0 Å². The molecule has 2 saturated heterocycles. The summed E-state index contributed by atoms with van der Waals surface area (Å²) in [5.41, 5.74) is 1.66. The molecule has 1 aromatic carbocycles. The van der Waals surface area contributed by atoms with Crippen LogP contribution in [0.3, 0.4) is 0 Å². The Kier molecular flexibility index (Phi) is 5.46. The van der Waals surface area contributed by atoms with Crippen molar-refractivity contribution in [3.63, 3.8) is 0 Å². The Bertz CT molecular complexity index is 689. The van der Waals surface area contributed by atoms with Gasteiger partial charge in [-0.05, 0) is 43.0 Å². The van der Waals surface area contributed by atoms with Gasteiger partial charge in [0.1, 0.15) is 5.82 Å². The van der Waals surface area contributed by atoms with E-state index in [0.717, 1.165) is 30.6 Å². The van der Waals surface area contributed by atoms with Crippen molar-refractivity contribution in [3.05, 3.63) is 35.1 Å². The van der Waals surface area contributed by atoms with Crippen LogP contribution in [0.1, 0.15) is 36.9 Å². The van der Waals surface area contributed by atoms with Gasteiger partial charge in [0, 0.05) is 45.7 Å². The molecule has 26 heavy (non-hydrogen) atoms. The first-order chi connectivity index (χ1) is 12.4. The van der Waals surface area contributed by atoms with E-state index in [0.29, 0.717) is 26.1 Å². The molecule has 7 heteroatoms. The third kappa shape index (κ3) is 3.82. The number of nitrogens with zero attached hydrogens (tertiary/aromatic N) is 3. The van der Waals surface area contributed by atoms with Gasteiger partial charge in [0.05, 0.1) is 6.04 Å². The largest absolute Gasteiger partial charge is 0.465 e. The average molecular weight is 363 g/mol. The number of amides is 2. The fraction of sp³-hybridized carbons (Fsp3) is 0.579. The van der Waals surface area contributed by atoms with E-state index in [2.05, 4.69) is 4.90 Å². The molecule has 2 aliphatic rings. The van der Waals surface area contributed by atoms with E-state index in [1.807, 2.05) is 11.8 Å². The summed E-state index contributed by atoms with van der Waals surface area (Å²) >= 11 is 0. The number of hydrogen-bond acceptors (Lipinski definition) is 3. The Morgan fingerprint density at radius 3 is 2.42 bits per heavy atom. The minimum absolute atomic E-state index is 0.102. The van der Waals surface area contributed by atoms with Crippen LogP contribution in [-0.4, -0.2) is 70.6 Å². The molecular formula is C19H26FN3O3. The summed E-state index contributed by atoms with van der Waals surface area (Å²) < 4.78 is 13.5. The monoisotopic (exact) mass is 363 g/mol. The van der Waals surface area contributed by atoms with Gasteiger partial charge in [-0.25, -0.2) is 9.18 Å². The fourth-order valence-corrected chi connectivity index (χ4v) is 4.22. The molecule has 0 radical (unpaired) electrons. The van der Waals surface area contributed by atoms with Crippen LogP contribution in [-0.2, 0) is 4.79 Å². The minimum atomic E-state index is -0.932. The second-order valence-corrected chi connectivity index (χ2v) is 7.21. The third-order valence-corrected chi connectivity index (χ3v) is 5.69. The van der Waals surface area contributed by atoms with Crippen LogP contribution >= 0.6 is 0 Å². The lowest BCUT2D eigenvalue weighted by Gasteiger charge is -2.45. The van der Waals surface area contributed by atoms with Crippen molar-refractivity contribution < 1.29 is 19.1 Å². The topological polar surface area (TPSA) is 64.1 Å². The number of carbonyl (C=O) groups is 2. The Morgan fingerprint density at radius 1 is 1.15 bits per heavy atom. The lowest BCUT2D eigenvalue weighted by molar-refractivity contribution is -0.131. The number of piperazine rings is 1. The maximum atomic E-state index is 13.5. The van der Waals surface area contributed by atoms with Gasteiger partial charge in [0.25, 0.3) is 0 Å². The van der Waals surface area contributed by atoms with Crippen LogP contribution in [0.15, 0.2) is 18.2 Å². The van der Waals surface area contributed by atoms with Gasteiger partial charge >= 0.3 is 6.09 Å². The van der Waals surface area contributed by atoms with Gasteiger partial charge in [-0.15, -0.1) is 0 Å². The van der Waals surface area contributed by atoms with Crippen molar-refractivity contribution in [2.75, 3.05) is 32.7 Å². The molecule has 6 nitrogen and oxygen atoms in total. The van der Waals surface area contributed by atoms with E-state index in [1.54, 1.807) is 13.0 Å². The van der Waals surface area contributed by atoms with E-state index in [1.165, 1.54) is 17.0 Å². The first-order valence-corrected chi connectivity index (χ1v) is 9.12. The highest BCUT2D eigenvalue weighted by molar-refractivity contribution is 5.73. The van der Waals surface area contributed by atoms with Gasteiger partial charge in [0.2, 0.25) is 5.91 Å². The van der Waals surface area contributed by atoms with Crippen molar-refractivity contribution in [1.82, 2.24) is 14.7 Å². The second-order valence-electron chi connectivity index (χ2n) is 7.21. The summed E-state index contributed by atoms with van der Waals surface area (Å²) in [6.07, 6.45) is 0.542. The number of benzene rings is 1. The number of hydrogen-bond donors (Lipinski definition) is 1. The van der Waals surface area contributed by atoms with Gasteiger partial charge in [-0.2, -0.15) is 0 Å². The number of carboxylic acid groups (broad SMARTS) is 1. The average Bonchev–Trinajstić information content (AvgIpc) is 2.61. The fourth-order valence-electron chi connectivity index (χ4n) is 4.22. The smallest absolute Gasteiger partial charge is 0.407 e. The predicted octanol–water partition coefficient (Wildman–Crippen LogP) is 2.48. The summed E-state index contributed by atoms with van der Waals surface area (Å²) in [6, 6.07) is 4.58. The van der Waals surface area contributed by atoms with E-state index >= 15 is 0 Å². The molecule has 0 unspecified atom stereocenters. The highest BCUT2D eigenvalue weighted by Crippen LogP contribution is 2.35. The lowest BCUT2D eigenvalue weighted by Crippen LogP contribution is -2.55. The molecule has 3 rings (SSSR count). The zero-order valence-electron chi connectivity index (χ0n) is 15.3. The Morgan fingerprint density at radius 2 is 1.85 bits per heavy atom. The Hall–Kier alpha value is -2.15. The Labute approximate surface area is 153 Å². The van der Waals surface area contributed by atoms with Crippen molar-refractivity contribution in [3.8, 4) is 0 Å². The number of aryl methyl sites for hydroxylation is 1. The first-order valence-electron chi connectivity index (χ1n) is 9.12. The lowest BCUT2D eigenvalue weighted by atomic mass is 9.88. The predicted molar refractivity (Wildman–Crippen MR) is 95.5 cm³/mol. The second kappa shape index (κ2) is 7.61. The van der Waals surface area contributed by atoms with Crippen molar-refractivity contribution in [1.29, 1.82) is 0 Å². The minimum Gasteiger partial charge on any atom is -0.465 e. The molecule has 0 saturated carbocycles. The summed E-state index contributed by atoms with van der Waals surface area (Å²) in [5.74, 6) is -0.203. The molecule has 2 atom stereocenters. The van der Waals surface area contributed by atoms with E-state index < -0.39 is 6.09 Å². The van der Waals surface area contributed by atoms with Crippen molar-refractivity contribution in [2.45, 2.75) is 38.8 Å². The summed E-state index contributed by atoms with van der Waals surface area (Å²) in [7, 11) is 0. The Balaban J connectivity index is 1.76.